The van der Waals surface area contributed by atoms with E-state index in [4.69, 9.17) is 18.6 Å². The molecule has 5 atom stereocenters. The van der Waals surface area contributed by atoms with E-state index in [9.17, 15) is 4.79 Å². The Kier molecular flexibility index (Phi) is 7.10. The Morgan fingerprint density at radius 2 is 1.60 bits per heavy atom. The lowest BCUT2D eigenvalue weighted by molar-refractivity contribution is -0.215. The lowest BCUT2D eigenvalue weighted by atomic mass is 10.0. The maximum absolute atomic E-state index is 12.0. The molecule has 2 heterocycles. The number of carbonyl (C=O) groups excluding carboxylic acids is 1. The predicted molar refractivity (Wildman–Crippen MR) is 139 cm³/mol. The van der Waals surface area contributed by atoms with Gasteiger partial charge in [-0.3, -0.25) is 4.79 Å². The molecule has 0 aliphatic carbocycles. The fourth-order valence-corrected chi connectivity index (χ4v) is 10.0. The number of hydrogen-bond acceptors (Lipinski definition) is 5. The van der Waals surface area contributed by atoms with Crippen LogP contribution in [0.4, 0.5) is 0 Å². The molecule has 7 heteroatoms. The number of benzene rings is 2. The summed E-state index contributed by atoms with van der Waals surface area (Å²) in [5, 5.41) is 5.05. The molecule has 0 saturated carbocycles. The summed E-state index contributed by atoms with van der Waals surface area (Å²) in [6.07, 6.45) is -0.380. The molecule has 6 nitrogen and oxygen atoms in total. The molecule has 0 radical (unpaired) electrons. The minimum Gasteiger partial charge on any atom is -0.399 e. The molecule has 2 saturated heterocycles. The third-order valence-electron chi connectivity index (χ3n) is 6.73. The van der Waals surface area contributed by atoms with Crippen LogP contribution in [0, 0.1) is 0 Å². The summed E-state index contributed by atoms with van der Waals surface area (Å²) in [6.45, 7) is 15.9. The van der Waals surface area contributed by atoms with Crippen molar-refractivity contribution < 1.29 is 23.4 Å². The molecule has 0 unspecified atom stereocenters. The molecular formula is C28H37NO5Si. The normalized spacial score (nSPS) is 26.7. The average molecular weight is 496 g/mol. The van der Waals surface area contributed by atoms with E-state index in [0.717, 1.165) is 10.4 Å². The molecule has 0 spiro atoms. The minimum atomic E-state index is -2.92. The molecule has 35 heavy (non-hydrogen) atoms. The zero-order chi connectivity index (χ0) is 25.4. The van der Waals surface area contributed by atoms with Gasteiger partial charge in [0.25, 0.3) is 8.32 Å². The molecule has 188 valence electrons. The Morgan fingerprint density at radius 1 is 1.06 bits per heavy atom. The SMILES string of the molecule is C=C[C@@H](NC(C)=O)[C@H]1O[C@@H]2OC(C)(C)O[C@@H]2[C@H]1O[Si](c1ccccc1)(c1ccccc1)C(C)(C)C. The second-order valence-corrected chi connectivity index (χ2v) is 15.0. The molecule has 2 aliphatic rings. The van der Waals surface area contributed by atoms with Gasteiger partial charge in [0.15, 0.2) is 12.1 Å². The number of hydrogen-bond donors (Lipinski definition) is 1. The van der Waals surface area contributed by atoms with Gasteiger partial charge in [0.05, 0.1) is 6.04 Å². The van der Waals surface area contributed by atoms with Gasteiger partial charge in [-0.15, -0.1) is 6.58 Å². The van der Waals surface area contributed by atoms with Crippen molar-refractivity contribution in [1.82, 2.24) is 5.32 Å². The van der Waals surface area contributed by atoms with E-state index >= 15 is 0 Å². The summed E-state index contributed by atoms with van der Waals surface area (Å²) < 4.78 is 26.2. The molecule has 2 aromatic rings. The van der Waals surface area contributed by atoms with Crippen molar-refractivity contribution in [2.24, 2.45) is 0 Å². The smallest absolute Gasteiger partial charge is 0.261 e. The van der Waals surface area contributed by atoms with Gasteiger partial charge in [0.1, 0.15) is 18.3 Å². The van der Waals surface area contributed by atoms with E-state index in [0.29, 0.717) is 0 Å². The van der Waals surface area contributed by atoms with Crippen molar-refractivity contribution in [3.05, 3.63) is 73.3 Å². The molecule has 0 aromatic heterocycles. The molecule has 1 N–H and O–H groups in total. The van der Waals surface area contributed by atoms with Crippen LogP contribution in [-0.2, 0) is 23.4 Å². The van der Waals surface area contributed by atoms with Crippen molar-refractivity contribution in [3.63, 3.8) is 0 Å². The summed E-state index contributed by atoms with van der Waals surface area (Å²) in [5.41, 5.74) is 0. The first-order chi connectivity index (χ1) is 16.5. The van der Waals surface area contributed by atoms with Gasteiger partial charge >= 0.3 is 0 Å². The maximum atomic E-state index is 12.0. The quantitative estimate of drug-likeness (QED) is 0.471. The van der Waals surface area contributed by atoms with E-state index < -0.39 is 44.7 Å². The minimum absolute atomic E-state index is 0.165. The van der Waals surface area contributed by atoms with Gasteiger partial charge in [-0.25, -0.2) is 0 Å². The van der Waals surface area contributed by atoms with Crippen LogP contribution in [0.5, 0.6) is 0 Å². The van der Waals surface area contributed by atoms with E-state index in [1.54, 1.807) is 6.08 Å². The van der Waals surface area contributed by atoms with Crippen LogP contribution >= 0.6 is 0 Å². The van der Waals surface area contributed by atoms with Crippen LogP contribution in [0.15, 0.2) is 73.3 Å². The van der Waals surface area contributed by atoms with Crippen LogP contribution in [0.2, 0.25) is 5.04 Å². The monoisotopic (exact) mass is 495 g/mol. The number of amides is 1. The van der Waals surface area contributed by atoms with Gasteiger partial charge in [0, 0.05) is 6.92 Å². The largest absolute Gasteiger partial charge is 0.399 e. The van der Waals surface area contributed by atoms with Crippen molar-refractivity contribution >= 4 is 24.6 Å². The van der Waals surface area contributed by atoms with Crippen molar-refractivity contribution in [3.8, 4) is 0 Å². The molecule has 2 aromatic carbocycles. The molecular weight excluding hydrogens is 458 g/mol. The lowest BCUT2D eigenvalue weighted by Gasteiger charge is -2.46. The maximum Gasteiger partial charge on any atom is 0.261 e. The third-order valence-corrected chi connectivity index (χ3v) is 11.8. The van der Waals surface area contributed by atoms with Gasteiger partial charge in [-0.2, -0.15) is 0 Å². The highest BCUT2D eigenvalue weighted by molar-refractivity contribution is 6.99. The van der Waals surface area contributed by atoms with E-state index in [-0.39, 0.29) is 10.9 Å². The van der Waals surface area contributed by atoms with Crippen LogP contribution in [0.25, 0.3) is 0 Å². The number of carbonyl (C=O) groups is 1. The summed E-state index contributed by atoms with van der Waals surface area (Å²) >= 11 is 0. The highest BCUT2D eigenvalue weighted by Gasteiger charge is 2.61. The number of fused-ring (bicyclic) bond motifs is 1. The highest BCUT2D eigenvalue weighted by Crippen LogP contribution is 2.44. The molecule has 2 aliphatic heterocycles. The van der Waals surface area contributed by atoms with Crippen molar-refractivity contribution in [1.29, 1.82) is 0 Å². The second kappa shape index (κ2) is 9.63. The molecule has 1 amide bonds. The number of nitrogens with one attached hydrogen (secondary N) is 1. The summed E-state index contributed by atoms with van der Waals surface area (Å²) in [6, 6.07) is 20.4. The van der Waals surface area contributed by atoms with Crippen LogP contribution in [0.3, 0.4) is 0 Å². The predicted octanol–water partition coefficient (Wildman–Crippen LogP) is 3.50. The lowest BCUT2D eigenvalue weighted by Crippen LogP contribution is -2.69. The summed E-state index contributed by atoms with van der Waals surface area (Å²) in [5.74, 6) is -0.965. The van der Waals surface area contributed by atoms with Gasteiger partial charge in [-0.1, -0.05) is 87.5 Å². The molecule has 2 fully saturated rings. The van der Waals surface area contributed by atoms with Crippen LogP contribution in [0.1, 0.15) is 41.5 Å². The first-order valence-electron chi connectivity index (χ1n) is 12.2. The first kappa shape index (κ1) is 25.8. The Bertz CT molecular complexity index is 997. The average Bonchev–Trinajstić information content (AvgIpc) is 3.27. The Hall–Kier alpha value is -2.29. The second-order valence-electron chi connectivity index (χ2n) is 10.8. The number of ether oxygens (including phenoxy) is 3. The van der Waals surface area contributed by atoms with Crippen molar-refractivity contribution in [2.45, 2.75) is 83.0 Å². The fourth-order valence-electron chi connectivity index (χ4n) is 5.33. The van der Waals surface area contributed by atoms with Gasteiger partial charge in [0.2, 0.25) is 5.91 Å². The van der Waals surface area contributed by atoms with E-state index in [2.05, 4.69) is 81.2 Å². The zero-order valence-electron chi connectivity index (χ0n) is 21.5. The van der Waals surface area contributed by atoms with Gasteiger partial charge in [-0.05, 0) is 29.3 Å². The third kappa shape index (κ3) is 4.88. The van der Waals surface area contributed by atoms with Crippen LogP contribution in [-0.4, -0.2) is 50.7 Å². The first-order valence-corrected chi connectivity index (χ1v) is 14.1. The van der Waals surface area contributed by atoms with E-state index in [1.807, 2.05) is 26.0 Å². The Morgan fingerprint density at radius 3 is 2.06 bits per heavy atom. The topological polar surface area (TPSA) is 66.0 Å². The van der Waals surface area contributed by atoms with Gasteiger partial charge < -0.3 is 24.0 Å². The Balaban J connectivity index is 1.87. The Labute approximate surface area is 209 Å². The molecule has 0 bridgehead atoms. The number of rotatable bonds is 7. The summed E-state index contributed by atoms with van der Waals surface area (Å²) in [4.78, 5) is 12.0. The highest BCUT2D eigenvalue weighted by atomic mass is 28.4. The van der Waals surface area contributed by atoms with E-state index in [1.165, 1.54) is 6.92 Å². The molecule has 4 rings (SSSR count). The summed E-state index contributed by atoms with van der Waals surface area (Å²) in [7, 11) is -2.92. The van der Waals surface area contributed by atoms with Crippen molar-refractivity contribution in [2.75, 3.05) is 0 Å². The zero-order valence-corrected chi connectivity index (χ0v) is 22.5. The fraction of sp³-hybridized carbons (Fsp3) is 0.464. The standard InChI is InChI=1S/C28H37NO5Si/c1-8-22(29-19(2)30)23-24(25-26(31-23)33-28(6,7)32-25)34-35(27(3,4)5,20-15-11-9-12-16-20)21-17-13-10-14-18-21/h8-18,22-26H,1H2,2-7H3,(H,29,30)/t22-,23-,24+,25-,26-/m1/s1. The van der Waals surface area contributed by atoms with Crippen LogP contribution < -0.4 is 15.7 Å².